The summed E-state index contributed by atoms with van der Waals surface area (Å²) in [6.45, 7) is 1.26. The van der Waals surface area contributed by atoms with Gasteiger partial charge in [0.25, 0.3) is 0 Å². The number of carbonyl (C=O) groups is 1. The number of H-pyrrole nitrogens is 1. The lowest BCUT2D eigenvalue weighted by Crippen LogP contribution is -2.49. The molecule has 1 amide bonds. The second kappa shape index (κ2) is 7.63. The van der Waals surface area contributed by atoms with Crippen LogP contribution in [0.4, 0.5) is 5.82 Å². The summed E-state index contributed by atoms with van der Waals surface area (Å²) in [5, 5.41) is 22.7. The summed E-state index contributed by atoms with van der Waals surface area (Å²) in [6.07, 6.45) is 7.62. The highest BCUT2D eigenvalue weighted by atomic mass is 16.3. The first-order valence-corrected chi connectivity index (χ1v) is 10.4. The molecule has 1 saturated carbocycles. The molecular formula is C22H23N7O2. The number of rotatable bonds is 5. The average Bonchev–Trinajstić information content (AvgIpc) is 3.38. The number of hydrogen-bond donors (Lipinski definition) is 3. The van der Waals surface area contributed by atoms with Gasteiger partial charge < -0.3 is 20.3 Å². The van der Waals surface area contributed by atoms with Crippen LogP contribution in [0.15, 0.2) is 36.9 Å². The zero-order chi connectivity index (χ0) is 21.4. The number of piperidine rings is 1. The van der Waals surface area contributed by atoms with Crippen molar-refractivity contribution in [3.63, 3.8) is 0 Å². The van der Waals surface area contributed by atoms with Crippen LogP contribution in [0, 0.1) is 22.7 Å². The van der Waals surface area contributed by atoms with Crippen LogP contribution in [0.25, 0.3) is 11.0 Å². The van der Waals surface area contributed by atoms with E-state index in [4.69, 9.17) is 5.26 Å². The van der Waals surface area contributed by atoms with E-state index in [0.717, 1.165) is 49.2 Å². The third kappa shape index (κ3) is 3.49. The van der Waals surface area contributed by atoms with Gasteiger partial charge in [-0.1, -0.05) is 0 Å². The second-order valence-corrected chi connectivity index (χ2v) is 8.39. The normalized spacial score (nSPS) is 20.4. The number of anilines is 1. The number of hydrogen-bond acceptors (Lipinski definition) is 7. The average molecular weight is 417 g/mol. The molecule has 4 heterocycles. The number of aromatic nitrogens is 4. The summed E-state index contributed by atoms with van der Waals surface area (Å²) < 4.78 is 0. The van der Waals surface area contributed by atoms with E-state index in [1.807, 2.05) is 18.3 Å². The number of nitrogens with one attached hydrogen (secondary N) is 2. The fourth-order valence-electron chi connectivity index (χ4n) is 4.69. The topological polar surface area (TPSA) is 131 Å². The van der Waals surface area contributed by atoms with Crippen LogP contribution in [-0.2, 0) is 4.79 Å². The molecule has 9 heteroatoms. The molecule has 0 radical (unpaired) electrons. The largest absolute Gasteiger partial charge is 0.394 e. The first-order valence-electron chi connectivity index (χ1n) is 10.4. The van der Waals surface area contributed by atoms with Crippen LogP contribution in [-0.4, -0.2) is 50.6 Å². The van der Waals surface area contributed by atoms with E-state index >= 15 is 0 Å². The van der Waals surface area contributed by atoms with E-state index in [-0.39, 0.29) is 23.8 Å². The van der Waals surface area contributed by atoms with E-state index < -0.39 is 6.04 Å². The number of carbonyl (C=O) groups excluding carboxylic acids is 1. The fraction of sp³-hybridized carbons (Fsp3) is 0.409. The Hall–Kier alpha value is -3.51. The molecule has 0 unspecified atom stereocenters. The lowest BCUT2D eigenvalue weighted by Gasteiger charge is -2.39. The third-order valence-corrected chi connectivity index (χ3v) is 6.55. The summed E-state index contributed by atoms with van der Waals surface area (Å²) >= 11 is 0. The number of aliphatic hydroxyl groups excluding tert-OH is 1. The van der Waals surface area contributed by atoms with Crippen molar-refractivity contribution in [2.24, 2.45) is 11.3 Å². The first-order chi connectivity index (χ1) is 15.1. The van der Waals surface area contributed by atoms with Gasteiger partial charge in [-0.2, -0.15) is 5.26 Å². The fourth-order valence-corrected chi connectivity index (χ4v) is 4.69. The predicted molar refractivity (Wildman–Crippen MR) is 113 cm³/mol. The highest BCUT2D eigenvalue weighted by Gasteiger charge is 2.55. The lowest BCUT2D eigenvalue weighted by molar-refractivity contribution is -0.129. The van der Waals surface area contributed by atoms with Crippen LogP contribution in [0.2, 0.25) is 0 Å². The highest BCUT2D eigenvalue weighted by Crippen LogP contribution is 2.56. The molecule has 1 saturated heterocycles. The van der Waals surface area contributed by atoms with Gasteiger partial charge in [-0.05, 0) is 42.9 Å². The van der Waals surface area contributed by atoms with E-state index in [2.05, 4.69) is 30.2 Å². The van der Waals surface area contributed by atoms with Crippen LogP contribution in [0.3, 0.4) is 0 Å². The molecular weight excluding hydrogens is 394 g/mol. The summed E-state index contributed by atoms with van der Waals surface area (Å²) in [5.74, 6) is 0.753. The van der Waals surface area contributed by atoms with Gasteiger partial charge in [-0.3, -0.25) is 9.78 Å². The second-order valence-electron chi connectivity index (χ2n) is 8.39. The minimum absolute atomic E-state index is 0.0446. The molecule has 0 bridgehead atoms. The summed E-state index contributed by atoms with van der Waals surface area (Å²) in [6, 6.07) is 6.73. The Morgan fingerprint density at radius 3 is 2.94 bits per heavy atom. The van der Waals surface area contributed by atoms with Gasteiger partial charge in [-0.15, -0.1) is 0 Å². The van der Waals surface area contributed by atoms with Crippen molar-refractivity contribution in [2.75, 3.05) is 24.6 Å². The van der Waals surface area contributed by atoms with Crippen LogP contribution >= 0.6 is 0 Å². The molecule has 31 heavy (non-hydrogen) atoms. The molecule has 2 atom stereocenters. The molecule has 2 fully saturated rings. The molecule has 3 N–H and O–H groups in total. The molecule has 0 aromatic carbocycles. The summed E-state index contributed by atoms with van der Waals surface area (Å²) in [4.78, 5) is 31.6. The van der Waals surface area contributed by atoms with E-state index in [0.29, 0.717) is 11.3 Å². The Balaban J connectivity index is 1.31. The molecule has 3 aromatic rings. The van der Waals surface area contributed by atoms with Gasteiger partial charge in [-0.25, -0.2) is 9.97 Å². The van der Waals surface area contributed by atoms with Crippen molar-refractivity contribution in [3.8, 4) is 6.07 Å². The minimum Gasteiger partial charge on any atom is -0.394 e. The van der Waals surface area contributed by atoms with Gasteiger partial charge in [0.15, 0.2) is 0 Å². The highest BCUT2D eigenvalue weighted by molar-refractivity contribution is 5.88. The SMILES string of the molecule is N#Cc1ccc([C@@H](CO)NC(=O)[C@H]2CCN(c3ncnc4[nH]ccc34)CC23CC3)nc1. The van der Waals surface area contributed by atoms with Crippen molar-refractivity contribution in [1.29, 1.82) is 5.26 Å². The molecule has 1 aliphatic carbocycles. The zero-order valence-electron chi connectivity index (χ0n) is 17.0. The number of aromatic amines is 1. The number of aliphatic hydroxyl groups is 1. The number of nitriles is 1. The van der Waals surface area contributed by atoms with Gasteiger partial charge >= 0.3 is 0 Å². The van der Waals surface area contributed by atoms with Crippen molar-refractivity contribution < 1.29 is 9.90 Å². The zero-order valence-corrected chi connectivity index (χ0v) is 17.0. The Labute approximate surface area is 179 Å². The summed E-state index contributed by atoms with van der Waals surface area (Å²) in [7, 11) is 0. The lowest BCUT2D eigenvalue weighted by atomic mass is 9.81. The number of fused-ring (bicyclic) bond motifs is 1. The maximum absolute atomic E-state index is 13.2. The van der Waals surface area contributed by atoms with Gasteiger partial charge in [0.2, 0.25) is 5.91 Å². The Kier molecular flexibility index (Phi) is 4.79. The number of pyridine rings is 1. The molecule has 9 nitrogen and oxygen atoms in total. The quantitative estimate of drug-likeness (QED) is 0.576. The van der Waals surface area contributed by atoms with Crippen LogP contribution in [0.1, 0.15) is 36.6 Å². The molecule has 3 aromatic heterocycles. The van der Waals surface area contributed by atoms with Crippen LogP contribution in [0.5, 0.6) is 0 Å². The monoisotopic (exact) mass is 417 g/mol. The summed E-state index contributed by atoms with van der Waals surface area (Å²) in [5.41, 5.74) is 1.74. The smallest absolute Gasteiger partial charge is 0.224 e. The van der Waals surface area contributed by atoms with Crippen molar-refractivity contribution in [2.45, 2.75) is 25.3 Å². The van der Waals surface area contributed by atoms with Crippen molar-refractivity contribution in [3.05, 3.63) is 48.2 Å². The standard InChI is InChI=1S/C22H23N7O2/c23-9-14-1-2-17(25-10-14)18(11-30)28-21(31)16-4-8-29(12-22(16)5-6-22)20-15-3-7-24-19(15)26-13-27-20/h1-3,7,10,13,16,18,30H,4-6,8,11-12H2,(H,28,31)(H,24,26,27)/t16-,18-/m1/s1. The van der Waals surface area contributed by atoms with E-state index in [1.165, 1.54) is 6.20 Å². The van der Waals surface area contributed by atoms with Crippen molar-refractivity contribution >= 4 is 22.8 Å². The Morgan fingerprint density at radius 1 is 1.35 bits per heavy atom. The van der Waals surface area contributed by atoms with Crippen molar-refractivity contribution in [1.82, 2.24) is 25.3 Å². The molecule has 1 aliphatic heterocycles. The van der Waals surface area contributed by atoms with Gasteiger partial charge in [0.1, 0.15) is 23.9 Å². The Bertz CT molecular complexity index is 1150. The van der Waals surface area contributed by atoms with Gasteiger partial charge in [0.05, 0.1) is 29.3 Å². The molecule has 1 spiro atoms. The first kappa shape index (κ1) is 19.5. The Morgan fingerprint density at radius 2 is 2.23 bits per heavy atom. The number of nitrogens with zero attached hydrogens (tertiary/aromatic N) is 5. The van der Waals surface area contributed by atoms with E-state index in [9.17, 15) is 9.90 Å². The molecule has 158 valence electrons. The van der Waals surface area contributed by atoms with Gasteiger partial charge in [0, 0.05) is 31.4 Å². The maximum atomic E-state index is 13.2. The molecule has 2 aliphatic rings. The molecule has 5 rings (SSSR count). The van der Waals surface area contributed by atoms with Crippen LogP contribution < -0.4 is 10.2 Å². The number of amides is 1. The van der Waals surface area contributed by atoms with E-state index in [1.54, 1.807) is 18.5 Å². The third-order valence-electron chi connectivity index (χ3n) is 6.55. The minimum atomic E-state index is -0.588. The maximum Gasteiger partial charge on any atom is 0.224 e. The predicted octanol–water partition coefficient (Wildman–Crippen LogP) is 1.68.